The van der Waals surface area contributed by atoms with Gasteiger partial charge in [0.15, 0.2) is 5.16 Å². The van der Waals surface area contributed by atoms with Crippen LogP contribution in [0.5, 0.6) is 0 Å². The van der Waals surface area contributed by atoms with Crippen LogP contribution in [-0.2, 0) is 20.9 Å². The number of hydrogen-bond donors (Lipinski definition) is 1. The van der Waals surface area contributed by atoms with Crippen LogP contribution in [0.25, 0.3) is 11.0 Å². The fourth-order valence-corrected chi connectivity index (χ4v) is 4.41. The molecule has 140 valence electrons. The van der Waals surface area contributed by atoms with Gasteiger partial charge >= 0.3 is 5.97 Å². The maximum absolute atomic E-state index is 12.5. The van der Waals surface area contributed by atoms with Gasteiger partial charge in [-0.15, -0.1) is 0 Å². The molecule has 6 nitrogen and oxygen atoms in total. The van der Waals surface area contributed by atoms with Crippen molar-refractivity contribution in [1.82, 2.24) is 14.9 Å². The Hall–Kier alpha value is -2.02. The number of aryl methyl sites for hydroxylation is 1. The van der Waals surface area contributed by atoms with E-state index in [-0.39, 0.29) is 17.6 Å². The smallest absolute Gasteiger partial charge is 0.331 e. The molecule has 1 fully saturated rings. The maximum atomic E-state index is 12.5. The highest BCUT2D eigenvalue weighted by molar-refractivity contribution is 7.99. The van der Waals surface area contributed by atoms with E-state index >= 15 is 0 Å². The van der Waals surface area contributed by atoms with Crippen LogP contribution in [0.3, 0.4) is 0 Å². The summed E-state index contributed by atoms with van der Waals surface area (Å²) < 4.78 is 7.29. The molecule has 1 aliphatic rings. The third-order valence-corrected chi connectivity index (χ3v) is 5.75. The lowest BCUT2D eigenvalue weighted by Gasteiger charge is -2.27. The number of fused-ring (bicyclic) bond motifs is 1. The van der Waals surface area contributed by atoms with Crippen LogP contribution >= 0.6 is 11.8 Å². The molecule has 3 rings (SSSR count). The number of benzene rings is 1. The molecule has 0 unspecified atom stereocenters. The van der Waals surface area contributed by atoms with E-state index in [1.807, 2.05) is 24.3 Å². The van der Waals surface area contributed by atoms with Crippen molar-refractivity contribution >= 4 is 34.7 Å². The second kappa shape index (κ2) is 8.12. The molecule has 2 aromatic rings. The van der Waals surface area contributed by atoms with E-state index in [0.29, 0.717) is 19.4 Å². The molecule has 1 amide bonds. The predicted octanol–water partition coefficient (Wildman–Crippen LogP) is 3.14. The summed E-state index contributed by atoms with van der Waals surface area (Å²) in [5.41, 5.74) is 1.14. The standard InChI is InChI=1S/C19H25N3O3S/c1-3-22-15-10-6-5-9-14(15)20-18(22)26-13-16(23)21-19(11-7-8-12-19)17(24)25-4-2/h5-6,9-10H,3-4,7-8,11-13H2,1-2H3,(H,21,23). The average molecular weight is 375 g/mol. The van der Waals surface area contributed by atoms with Gasteiger partial charge in [0.05, 0.1) is 23.4 Å². The van der Waals surface area contributed by atoms with Gasteiger partial charge in [-0.05, 0) is 38.8 Å². The second-order valence-corrected chi connectivity index (χ2v) is 7.42. The van der Waals surface area contributed by atoms with Crippen LogP contribution in [0.1, 0.15) is 39.5 Å². The van der Waals surface area contributed by atoms with Crippen molar-refractivity contribution in [3.63, 3.8) is 0 Å². The largest absolute Gasteiger partial charge is 0.464 e. The lowest BCUT2D eigenvalue weighted by molar-refractivity contribution is -0.152. The first-order valence-electron chi connectivity index (χ1n) is 9.16. The molecule has 0 aliphatic heterocycles. The molecule has 0 spiro atoms. The maximum Gasteiger partial charge on any atom is 0.331 e. The Kier molecular flexibility index (Phi) is 5.86. The zero-order chi connectivity index (χ0) is 18.6. The summed E-state index contributed by atoms with van der Waals surface area (Å²) in [5.74, 6) is -0.235. The number of thioether (sulfide) groups is 1. The third-order valence-electron chi connectivity index (χ3n) is 4.77. The lowest BCUT2D eigenvalue weighted by atomic mass is 9.98. The van der Waals surface area contributed by atoms with Crippen molar-refractivity contribution in [3.05, 3.63) is 24.3 Å². The van der Waals surface area contributed by atoms with E-state index in [9.17, 15) is 9.59 Å². The first-order valence-corrected chi connectivity index (χ1v) is 10.1. The summed E-state index contributed by atoms with van der Waals surface area (Å²) in [6.07, 6.45) is 3.15. The first kappa shape index (κ1) is 18.8. The first-order chi connectivity index (χ1) is 12.6. The zero-order valence-electron chi connectivity index (χ0n) is 15.3. The molecule has 1 heterocycles. The van der Waals surface area contributed by atoms with Gasteiger partial charge in [-0.25, -0.2) is 9.78 Å². The van der Waals surface area contributed by atoms with Crippen LogP contribution in [0, 0.1) is 0 Å². The van der Waals surface area contributed by atoms with Crippen molar-refractivity contribution in [2.24, 2.45) is 0 Å². The molecular weight excluding hydrogens is 350 g/mol. The van der Waals surface area contributed by atoms with E-state index in [1.54, 1.807) is 6.92 Å². The molecule has 0 radical (unpaired) electrons. The summed E-state index contributed by atoms with van der Waals surface area (Å²) in [6.45, 7) is 4.96. The highest BCUT2D eigenvalue weighted by Gasteiger charge is 2.43. The molecule has 26 heavy (non-hydrogen) atoms. The number of aromatic nitrogens is 2. The van der Waals surface area contributed by atoms with Gasteiger partial charge in [0, 0.05) is 6.54 Å². The quantitative estimate of drug-likeness (QED) is 0.594. The normalized spacial score (nSPS) is 15.9. The number of para-hydroxylation sites is 2. The molecular formula is C19H25N3O3S. The van der Waals surface area contributed by atoms with Gasteiger partial charge in [0.2, 0.25) is 5.91 Å². The Morgan fingerprint density at radius 2 is 2.00 bits per heavy atom. The van der Waals surface area contributed by atoms with Gasteiger partial charge in [-0.2, -0.15) is 0 Å². The molecule has 1 aromatic heterocycles. The Morgan fingerprint density at radius 3 is 2.69 bits per heavy atom. The van der Waals surface area contributed by atoms with E-state index in [1.165, 1.54) is 11.8 Å². The summed E-state index contributed by atoms with van der Waals surface area (Å²) >= 11 is 1.40. The summed E-state index contributed by atoms with van der Waals surface area (Å²) in [6, 6.07) is 7.95. The van der Waals surface area contributed by atoms with Gasteiger partial charge in [-0.1, -0.05) is 36.7 Å². The third kappa shape index (κ3) is 3.72. The molecule has 1 aliphatic carbocycles. The van der Waals surface area contributed by atoms with Crippen molar-refractivity contribution < 1.29 is 14.3 Å². The summed E-state index contributed by atoms with van der Waals surface area (Å²) in [4.78, 5) is 29.5. The molecule has 0 atom stereocenters. The number of nitrogens with one attached hydrogen (secondary N) is 1. The molecule has 1 N–H and O–H groups in total. The number of hydrogen-bond acceptors (Lipinski definition) is 5. The fourth-order valence-electron chi connectivity index (χ4n) is 3.53. The van der Waals surface area contributed by atoms with E-state index in [4.69, 9.17) is 4.74 Å². The fraction of sp³-hybridized carbons (Fsp3) is 0.526. The van der Waals surface area contributed by atoms with Crippen molar-refractivity contribution in [2.75, 3.05) is 12.4 Å². The molecule has 0 bridgehead atoms. The Balaban J connectivity index is 1.68. The van der Waals surface area contributed by atoms with Crippen LogP contribution in [0.2, 0.25) is 0 Å². The van der Waals surface area contributed by atoms with Gasteiger partial charge < -0.3 is 14.6 Å². The average Bonchev–Trinajstić information content (AvgIpc) is 3.25. The van der Waals surface area contributed by atoms with Crippen LogP contribution in [0.15, 0.2) is 29.4 Å². The van der Waals surface area contributed by atoms with E-state index in [2.05, 4.69) is 21.8 Å². The topological polar surface area (TPSA) is 73.2 Å². The Labute approximate surface area is 157 Å². The van der Waals surface area contributed by atoms with Crippen LogP contribution < -0.4 is 5.32 Å². The van der Waals surface area contributed by atoms with Crippen LogP contribution in [-0.4, -0.2) is 39.3 Å². The lowest BCUT2D eigenvalue weighted by Crippen LogP contribution is -2.53. The number of carbonyl (C=O) groups is 2. The Bertz CT molecular complexity index is 796. The van der Waals surface area contributed by atoms with Crippen molar-refractivity contribution in [3.8, 4) is 0 Å². The predicted molar refractivity (Wildman–Crippen MR) is 102 cm³/mol. The van der Waals surface area contributed by atoms with Gasteiger partial charge in [0.25, 0.3) is 0 Å². The minimum Gasteiger partial charge on any atom is -0.464 e. The van der Waals surface area contributed by atoms with Crippen molar-refractivity contribution in [1.29, 1.82) is 0 Å². The van der Waals surface area contributed by atoms with Gasteiger partial charge in [0.1, 0.15) is 5.54 Å². The number of rotatable bonds is 7. The highest BCUT2D eigenvalue weighted by atomic mass is 32.2. The van der Waals surface area contributed by atoms with E-state index in [0.717, 1.165) is 35.6 Å². The van der Waals surface area contributed by atoms with E-state index < -0.39 is 5.54 Å². The number of nitrogens with zero attached hydrogens (tertiary/aromatic N) is 2. The highest BCUT2D eigenvalue weighted by Crippen LogP contribution is 2.31. The zero-order valence-corrected chi connectivity index (χ0v) is 16.1. The number of amides is 1. The number of ether oxygens (including phenoxy) is 1. The monoisotopic (exact) mass is 375 g/mol. The Morgan fingerprint density at radius 1 is 1.27 bits per heavy atom. The number of carbonyl (C=O) groups excluding carboxylic acids is 2. The summed E-state index contributed by atoms with van der Waals surface area (Å²) in [5, 5.41) is 3.77. The van der Waals surface area contributed by atoms with Gasteiger partial charge in [-0.3, -0.25) is 4.79 Å². The molecule has 0 saturated heterocycles. The number of imidazole rings is 1. The summed E-state index contributed by atoms with van der Waals surface area (Å²) in [7, 11) is 0. The number of esters is 1. The minimum atomic E-state index is -0.849. The SMILES string of the molecule is CCOC(=O)C1(NC(=O)CSc2nc3ccccc3n2CC)CCCC1. The minimum absolute atomic E-state index is 0.153. The second-order valence-electron chi connectivity index (χ2n) is 6.47. The van der Waals surface area contributed by atoms with Crippen molar-refractivity contribution in [2.45, 2.75) is 56.8 Å². The molecule has 1 saturated carbocycles. The molecule has 7 heteroatoms. The molecule has 1 aromatic carbocycles. The van der Waals surface area contributed by atoms with Crippen LogP contribution in [0.4, 0.5) is 0 Å².